The van der Waals surface area contributed by atoms with Crippen molar-refractivity contribution in [3.05, 3.63) is 29.8 Å². The third kappa shape index (κ3) is 5.38. The second-order valence-electron chi connectivity index (χ2n) is 4.68. The molecular formula is C17H31NO3S. The molecule has 1 atom stereocenters. The van der Waals surface area contributed by atoms with Gasteiger partial charge in [-0.15, -0.1) is 0 Å². The van der Waals surface area contributed by atoms with E-state index in [-0.39, 0.29) is 6.04 Å². The van der Waals surface area contributed by atoms with Gasteiger partial charge in [-0.05, 0) is 31.9 Å². The first kappa shape index (κ1) is 21.1. The molecule has 0 amide bonds. The van der Waals surface area contributed by atoms with Crippen molar-refractivity contribution in [3.8, 4) is 0 Å². The highest BCUT2D eigenvalue weighted by atomic mass is 32.2. The van der Waals surface area contributed by atoms with Gasteiger partial charge in [0, 0.05) is 19.7 Å². The molecule has 1 aromatic carbocycles. The highest BCUT2D eigenvalue weighted by molar-refractivity contribution is 7.89. The second-order valence-corrected chi connectivity index (χ2v) is 6.57. The molecule has 0 bridgehead atoms. The van der Waals surface area contributed by atoms with E-state index >= 15 is 0 Å². The standard InChI is InChI=1S/C13H19NO3S.2C2H6/c1-11-5-7-13(8-6-11)18(15,16)14-9-3-4-12(14)10-17-2;2*1-2/h5-8,12H,3-4,9-10H2,1-2H3;2*1-2H3. The van der Waals surface area contributed by atoms with Gasteiger partial charge in [0.05, 0.1) is 11.5 Å². The van der Waals surface area contributed by atoms with Gasteiger partial charge >= 0.3 is 0 Å². The van der Waals surface area contributed by atoms with Crippen molar-refractivity contribution in [3.63, 3.8) is 0 Å². The number of rotatable bonds is 4. The smallest absolute Gasteiger partial charge is 0.243 e. The third-order valence-electron chi connectivity index (χ3n) is 3.31. The van der Waals surface area contributed by atoms with Crippen molar-refractivity contribution >= 4 is 10.0 Å². The lowest BCUT2D eigenvalue weighted by atomic mass is 10.2. The summed E-state index contributed by atoms with van der Waals surface area (Å²) in [4.78, 5) is 0.371. The van der Waals surface area contributed by atoms with Crippen molar-refractivity contribution in [2.75, 3.05) is 20.3 Å². The minimum Gasteiger partial charge on any atom is -0.383 e. The maximum atomic E-state index is 12.5. The molecule has 1 saturated heterocycles. The number of methoxy groups -OCH3 is 1. The average Bonchev–Trinajstić information content (AvgIpc) is 3.01. The van der Waals surface area contributed by atoms with E-state index in [4.69, 9.17) is 4.74 Å². The highest BCUT2D eigenvalue weighted by Crippen LogP contribution is 2.26. The molecule has 22 heavy (non-hydrogen) atoms. The molecule has 0 aliphatic carbocycles. The first-order valence-corrected chi connectivity index (χ1v) is 9.57. The maximum absolute atomic E-state index is 12.5. The zero-order valence-corrected chi connectivity index (χ0v) is 15.6. The lowest BCUT2D eigenvalue weighted by molar-refractivity contribution is 0.149. The quantitative estimate of drug-likeness (QED) is 0.843. The first-order valence-electron chi connectivity index (χ1n) is 8.13. The van der Waals surface area contributed by atoms with E-state index in [0.717, 1.165) is 18.4 Å². The highest BCUT2D eigenvalue weighted by Gasteiger charge is 2.34. The molecule has 0 spiro atoms. The van der Waals surface area contributed by atoms with Crippen LogP contribution in [-0.2, 0) is 14.8 Å². The van der Waals surface area contributed by atoms with E-state index in [1.807, 2.05) is 46.8 Å². The van der Waals surface area contributed by atoms with Crippen LogP contribution in [0.25, 0.3) is 0 Å². The SMILES string of the molecule is CC.CC.COCC1CCCN1S(=O)(=O)c1ccc(C)cc1. The van der Waals surface area contributed by atoms with Crippen LogP contribution in [0.2, 0.25) is 0 Å². The molecule has 1 fully saturated rings. The normalized spacial score (nSPS) is 18.0. The largest absolute Gasteiger partial charge is 0.383 e. The van der Waals surface area contributed by atoms with E-state index in [1.54, 1.807) is 23.5 Å². The zero-order valence-electron chi connectivity index (χ0n) is 14.8. The zero-order chi connectivity index (χ0) is 17.2. The van der Waals surface area contributed by atoms with Gasteiger partial charge in [0.1, 0.15) is 0 Å². The summed E-state index contributed by atoms with van der Waals surface area (Å²) in [5, 5.41) is 0. The molecule has 128 valence electrons. The topological polar surface area (TPSA) is 46.6 Å². The lowest BCUT2D eigenvalue weighted by Gasteiger charge is -2.23. The number of benzene rings is 1. The molecular weight excluding hydrogens is 298 g/mol. The van der Waals surface area contributed by atoms with Crippen LogP contribution in [0.15, 0.2) is 29.2 Å². The monoisotopic (exact) mass is 329 g/mol. The van der Waals surface area contributed by atoms with Crippen LogP contribution in [0.1, 0.15) is 46.1 Å². The van der Waals surface area contributed by atoms with Crippen LogP contribution in [0.3, 0.4) is 0 Å². The number of ether oxygens (including phenoxy) is 1. The van der Waals surface area contributed by atoms with Crippen LogP contribution in [-0.4, -0.2) is 39.0 Å². The van der Waals surface area contributed by atoms with Gasteiger partial charge in [-0.2, -0.15) is 4.31 Å². The fraction of sp³-hybridized carbons (Fsp3) is 0.647. The van der Waals surface area contributed by atoms with E-state index in [1.165, 1.54) is 0 Å². The summed E-state index contributed by atoms with van der Waals surface area (Å²) in [5.74, 6) is 0. The summed E-state index contributed by atoms with van der Waals surface area (Å²) in [6, 6.07) is 6.98. The number of hydrogen-bond acceptors (Lipinski definition) is 3. The van der Waals surface area contributed by atoms with Crippen LogP contribution in [0.5, 0.6) is 0 Å². The van der Waals surface area contributed by atoms with Crippen molar-refractivity contribution in [2.45, 2.75) is 58.4 Å². The Kier molecular flexibility index (Phi) is 10.3. The summed E-state index contributed by atoms with van der Waals surface area (Å²) in [5.41, 5.74) is 1.06. The average molecular weight is 330 g/mol. The molecule has 4 nitrogen and oxygen atoms in total. The van der Waals surface area contributed by atoms with E-state index in [9.17, 15) is 8.42 Å². The Hall–Kier alpha value is -0.910. The summed E-state index contributed by atoms with van der Waals surface area (Å²) in [7, 11) is -1.77. The molecule has 0 saturated carbocycles. The van der Waals surface area contributed by atoms with Gasteiger partial charge in [0.15, 0.2) is 0 Å². The molecule has 1 aliphatic heterocycles. The van der Waals surface area contributed by atoms with Gasteiger partial charge in [-0.25, -0.2) is 8.42 Å². The molecule has 1 aliphatic rings. The molecule has 0 N–H and O–H groups in total. The van der Waals surface area contributed by atoms with Gasteiger partial charge in [0.25, 0.3) is 0 Å². The van der Waals surface area contributed by atoms with Crippen molar-refractivity contribution in [1.82, 2.24) is 4.31 Å². The summed E-state index contributed by atoms with van der Waals surface area (Å²) in [6.45, 7) is 11.0. The van der Waals surface area contributed by atoms with Crippen LogP contribution in [0.4, 0.5) is 0 Å². The Morgan fingerprint density at radius 1 is 1.14 bits per heavy atom. The van der Waals surface area contributed by atoms with Gasteiger partial charge in [-0.1, -0.05) is 45.4 Å². The molecule has 1 unspecified atom stereocenters. The van der Waals surface area contributed by atoms with E-state index in [2.05, 4.69) is 0 Å². The molecule has 5 heteroatoms. The third-order valence-corrected chi connectivity index (χ3v) is 5.28. The van der Waals surface area contributed by atoms with Gasteiger partial charge in [-0.3, -0.25) is 0 Å². The van der Waals surface area contributed by atoms with E-state index in [0.29, 0.717) is 18.0 Å². The number of aryl methyl sites for hydroxylation is 1. The van der Waals surface area contributed by atoms with Crippen LogP contribution >= 0.6 is 0 Å². The lowest BCUT2D eigenvalue weighted by Crippen LogP contribution is -2.38. The summed E-state index contributed by atoms with van der Waals surface area (Å²) in [6.07, 6.45) is 1.78. The maximum Gasteiger partial charge on any atom is 0.243 e. The molecule has 2 rings (SSSR count). The molecule has 1 aromatic rings. The van der Waals surface area contributed by atoms with Gasteiger partial charge < -0.3 is 4.74 Å². The number of nitrogens with zero attached hydrogens (tertiary/aromatic N) is 1. The minimum absolute atomic E-state index is 0.0266. The van der Waals surface area contributed by atoms with Gasteiger partial charge in [0.2, 0.25) is 10.0 Å². The Morgan fingerprint density at radius 2 is 1.68 bits per heavy atom. The Morgan fingerprint density at radius 3 is 2.18 bits per heavy atom. The van der Waals surface area contributed by atoms with Crippen molar-refractivity contribution in [1.29, 1.82) is 0 Å². The summed E-state index contributed by atoms with van der Waals surface area (Å²) >= 11 is 0. The number of sulfonamides is 1. The van der Waals surface area contributed by atoms with Crippen molar-refractivity contribution in [2.24, 2.45) is 0 Å². The predicted molar refractivity (Wildman–Crippen MR) is 92.7 cm³/mol. The van der Waals surface area contributed by atoms with Crippen molar-refractivity contribution < 1.29 is 13.2 Å². The van der Waals surface area contributed by atoms with E-state index < -0.39 is 10.0 Å². The fourth-order valence-electron chi connectivity index (χ4n) is 2.33. The first-order chi connectivity index (χ1) is 10.6. The number of hydrogen-bond donors (Lipinski definition) is 0. The minimum atomic E-state index is -3.37. The molecule has 0 aromatic heterocycles. The molecule has 0 radical (unpaired) electrons. The Labute approximate surface area is 136 Å². The van der Waals surface area contributed by atoms with Crippen LogP contribution < -0.4 is 0 Å². The second kappa shape index (κ2) is 10.8. The predicted octanol–water partition coefficient (Wildman–Crippen LogP) is 3.85. The van der Waals surface area contributed by atoms with Crippen LogP contribution in [0, 0.1) is 6.92 Å². The Bertz CT molecular complexity index is 497. The molecule has 1 heterocycles. The summed E-state index contributed by atoms with van der Waals surface area (Å²) < 4.78 is 31.7. The Balaban J connectivity index is 0.00000102. The fourth-order valence-corrected chi connectivity index (χ4v) is 4.01.